The summed E-state index contributed by atoms with van der Waals surface area (Å²) in [5, 5.41) is 0. The van der Waals surface area contributed by atoms with E-state index in [2.05, 4.69) is 81.5 Å². The maximum Gasteiger partial charge on any atom is 0.306 e. The fraction of sp³-hybridized carbons (Fsp3) is 0.733. The highest BCUT2D eigenvalue weighted by Gasteiger charge is 2.17. The summed E-state index contributed by atoms with van der Waals surface area (Å²) in [5.74, 6) is -0.444. The lowest BCUT2D eigenvalue weighted by atomic mass is 10.1. The van der Waals surface area contributed by atoms with Crippen molar-refractivity contribution in [2.45, 2.75) is 194 Å². The van der Waals surface area contributed by atoms with E-state index in [9.17, 15) is 9.59 Å². The van der Waals surface area contributed by atoms with Gasteiger partial charge in [0.1, 0.15) is 6.61 Å². The first-order valence-electron chi connectivity index (χ1n) is 20.8. The Hall–Kier alpha value is -2.40. The highest BCUT2D eigenvalue weighted by Crippen LogP contribution is 2.11. The molecule has 50 heavy (non-hydrogen) atoms. The molecule has 0 saturated heterocycles. The van der Waals surface area contributed by atoms with Gasteiger partial charge in [0, 0.05) is 19.4 Å². The van der Waals surface area contributed by atoms with Gasteiger partial charge in [0.05, 0.1) is 6.61 Å². The lowest BCUT2D eigenvalue weighted by Gasteiger charge is -2.18. The van der Waals surface area contributed by atoms with Crippen molar-refractivity contribution in [2.24, 2.45) is 0 Å². The second-order valence-electron chi connectivity index (χ2n) is 13.5. The van der Waals surface area contributed by atoms with Gasteiger partial charge in [-0.1, -0.05) is 159 Å². The number of hydrogen-bond acceptors (Lipinski definition) is 5. The van der Waals surface area contributed by atoms with Gasteiger partial charge in [-0.15, -0.1) is 0 Å². The van der Waals surface area contributed by atoms with Crippen LogP contribution in [0.5, 0.6) is 0 Å². The van der Waals surface area contributed by atoms with Crippen LogP contribution in [0.4, 0.5) is 0 Å². The van der Waals surface area contributed by atoms with Gasteiger partial charge < -0.3 is 14.2 Å². The van der Waals surface area contributed by atoms with Crippen molar-refractivity contribution < 1.29 is 23.8 Å². The average Bonchev–Trinajstić information content (AvgIpc) is 3.11. The minimum Gasteiger partial charge on any atom is -0.462 e. The normalized spacial score (nSPS) is 12.8. The second kappa shape index (κ2) is 41.0. The van der Waals surface area contributed by atoms with Crippen LogP contribution in [-0.4, -0.2) is 37.9 Å². The van der Waals surface area contributed by atoms with E-state index in [1.54, 1.807) is 0 Å². The quantitative estimate of drug-likeness (QED) is 0.0367. The minimum absolute atomic E-state index is 0.0686. The first-order valence-corrected chi connectivity index (χ1v) is 20.8. The molecule has 1 atom stereocenters. The largest absolute Gasteiger partial charge is 0.462 e. The van der Waals surface area contributed by atoms with Crippen molar-refractivity contribution in [3.05, 3.63) is 60.8 Å². The van der Waals surface area contributed by atoms with Crippen molar-refractivity contribution in [3.8, 4) is 0 Å². The molecule has 0 bridgehead atoms. The third-order valence-corrected chi connectivity index (χ3v) is 8.54. The Labute approximate surface area is 309 Å². The Morgan fingerprint density at radius 1 is 0.460 bits per heavy atom. The van der Waals surface area contributed by atoms with Crippen LogP contribution in [0.2, 0.25) is 0 Å². The molecule has 0 radical (unpaired) electrons. The summed E-state index contributed by atoms with van der Waals surface area (Å²) in [6, 6.07) is 0. The highest BCUT2D eigenvalue weighted by atomic mass is 16.6. The van der Waals surface area contributed by atoms with Crippen LogP contribution in [0.15, 0.2) is 60.8 Å². The average molecular weight is 699 g/mol. The Bertz CT molecular complexity index is 884. The summed E-state index contributed by atoms with van der Waals surface area (Å²) in [7, 11) is 0. The lowest BCUT2D eigenvalue weighted by Crippen LogP contribution is -2.30. The van der Waals surface area contributed by atoms with Gasteiger partial charge in [0.25, 0.3) is 0 Å². The summed E-state index contributed by atoms with van der Waals surface area (Å²) >= 11 is 0. The smallest absolute Gasteiger partial charge is 0.306 e. The van der Waals surface area contributed by atoms with Crippen LogP contribution in [0.1, 0.15) is 188 Å². The van der Waals surface area contributed by atoms with Gasteiger partial charge in [-0.05, 0) is 77.0 Å². The van der Waals surface area contributed by atoms with Crippen LogP contribution in [0, 0.1) is 0 Å². The number of hydrogen-bond donors (Lipinski definition) is 0. The molecule has 0 heterocycles. The first kappa shape index (κ1) is 47.6. The van der Waals surface area contributed by atoms with Crippen molar-refractivity contribution in [2.75, 3.05) is 19.8 Å². The highest BCUT2D eigenvalue weighted by molar-refractivity contribution is 5.70. The number of rotatable bonds is 37. The van der Waals surface area contributed by atoms with E-state index in [0.717, 1.165) is 89.9 Å². The standard InChI is InChI=1S/C45H78O5/c1-4-7-10-13-15-17-19-21-22-23-24-25-26-28-30-33-35-38-44(46)49-42-43(50-45(47)39-36-32-12-9-6-3)41-48-40-37-34-31-29-27-20-18-16-14-11-8-5-2/h7,10,14-17,21-22,24-25,43H,4-6,8-9,11-13,18-20,23,26-42H2,1-3H3/b10-7-,16-14-,17-15-,22-21-,25-24-. The molecule has 0 aromatic rings. The Kier molecular flexibility index (Phi) is 39.1. The summed E-state index contributed by atoms with van der Waals surface area (Å²) < 4.78 is 17.1. The van der Waals surface area contributed by atoms with E-state index >= 15 is 0 Å². The summed E-state index contributed by atoms with van der Waals surface area (Å²) in [6.07, 6.45) is 49.5. The number of carbonyl (C=O) groups is 2. The molecule has 0 aliphatic carbocycles. The maximum atomic E-state index is 12.5. The number of unbranched alkanes of at least 4 members (excludes halogenated alkanes) is 16. The third-order valence-electron chi connectivity index (χ3n) is 8.54. The van der Waals surface area contributed by atoms with Crippen LogP contribution in [0.25, 0.3) is 0 Å². The summed E-state index contributed by atoms with van der Waals surface area (Å²) in [4.78, 5) is 24.9. The van der Waals surface area contributed by atoms with Gasteiger partial charge >= 0.3 is 11.9 Å². The van der Waals surface area contributed by atoms with E-state index in [0.29, 0.717) is 19.4 Å². The number of ether oxygens (including phenoxy) is 3. The topological polar surface area (TPSA) is 61.8 Å². The molecule has 0 N–H and O–H groups in total. The maximum absolute atomic E-state index is 12.5. The van der Waals surface area contributed by atoms with Crippen molar-refractivity contribution in [3.63, 3.8) is 0 Å². The first-order chi connectivity index (χ1) is 24.6. The van der Waals surface area contributed by atoms with Crippen LogP contribution in [-0.2, 0) is 23.8 Å². The molecule has 0 aromatic heterocycles. The van der Waals surface area contributed by atoms with Crippen molar-refractivity contribution in [1.29, 1.82) is 0 Å². The molecule has 1 unspecified atom stereocenters. The zero-order valence-corrected chi connectivity index (χ0v) is 32.9. The molecule has 0 saturated carbocycles. The zero-order chi connectivity index (χ0) is 36.4. The molecule has 0 aliphatic heterocycles. The molecular formula is C45H78O5. The van der Waals surface area contributed by atoms with Crippen molar-refractivity contribution >= 4 is 11.9 Å². The monoisotopic (exact) mass is 699 g/mol. The van der Waals surface area contributed by atoms with Gasteiger partial charge in [-0.25, -0.2) is 0 Å². The Balaban J connectivity index is 4.14. The zero-order valence-electron chi connectivity index (χ0n) is 32.9. The van der Waals surface area contributed by atoms with Gasteiger partial charge in [-0.2, -0.15) is 0 Å². The van der Waals surface area contributed by atoms with E-state index in [1.807, 2.05) is 0 Å². The molecule has 5 heteroatoms. The van der Waals surface area contributed by atoms with E-state index in [-0.39, 0.29) is 25.2 Å². The predicted molar refractivity (Wildman–Crippen MR) is 214 cm³/mol. The molecule has 0 spiro atoms. The van der Waals surface area contributed by atoms with Crippen LogP contribution >= 0.6 is 0 Å². The molecular weight excluding hydrogens is 620 g/mol. The van der Waals surface area contributed by atoms with Gasteiger partial charge in [0.15, 0.2) is 6.10 Å². The van der Waals surface area contributed by atoms with E-state index < -0.39 is 6.10 Å². The predicted octanol–water partition coefficient (Wildman–Crippen LogP) is 13.4. The van der Waals surface area contributed by atoms with Crippen molar-refractivity contribution in [1.82, 2.24) is 0 Å². The summed E-state index contributed by atoms with van der Waals surface area (Å²) in [6.45, 7) is 7.56. The summed E-state index contributed by atoms with van der Waals surface area (Å²) in [5.41, 5.74) is 0. The molecule has 0 amide bonds. The molecule has 0 rings (SSSR count). The number of allylic oxidation sites excluding steroid dienone is 10. The molecule has 0 aromatic carbocycles. The number of esters is 2. The third kappa shape index (κ3) is 38.4. The fourth-order valence-corrected chi connectivity index (χ4v) is 5.42. The lowest BCUT2D eigenvalue weighted by molar-refractivity contribution is -0.163. The molecule has 0 aliphatic rings. The minimum atomic E-state index is -0.543. The Morgan fingerprint density at radius 3 is 1.52 bits per heavy atom. The van der Waals surface area contributed by atoms with Gasteiger partial charge in [0.2, 0.25) is 0 Å². The second-order valence-corrected chi connectivity index (χ2v) is 13.5. The van der Waals surface area contributed by atoms with Gasteiger partial charge in [-0.3, -0.25) is 9.59 Å². The van der Waals surface area contributed by atoms with Crippen LogP contribution in [0.3, 0.4) is 0 Å². The number of carbonyl (C=O) groups excluding carboxylic acids is 2. The van der Waals surface area contributed by atoms with Crippen LogP contribution < -0.4 is 0 Å². The fourth-order valence-electron chi connectivity index (χ4n) is 5.42. The SMILES string of the molecule is CC/C=C\C/C=C\C/C=C\C/C=C\CCCCCCC(=O)OCC(COCCCCCCCC/C=C\CCCC)OC(=O)CCCCCCC. The molecule has 0 fully saturated rings. The van der Waals surface area contributed by atoms with E-state index in [1.165, 1.54) is 64.2 Å². The molecule has 5 nitrogen and oxygen atoms in total. The Morgan fingerprint density at radius 2 is 0.920 bits per heavy atom. The van der Waals surface area contributed by atoms with E-state index in [4.69, 9.17) is 14.2 Å². The molecule has 288 valence electrons.